The number of nitrogens with zero attached hydrogens (tertiary/aromatic N) is 1. The smallest absolute Gasteiger partial charge is 0.0169 e. The monoisotopic (exact) mass is 293 g/mol. The number of rotatable bonds is 5. The summed E-state index contributed by atoms with van der Waals surface area (Å²) in [5, 5.41) is 7.83. The molecule has 4 atom stereocenters. The van der Waals surface area contributed by atoms with Gasteiger partial charge in [0.1, 0.15) is 0 Å². The Hall–Kier alpha value is -0.120. The van der Waals surface area contributed by atoms with E-state index in [1.165, 1.54) is 84.0 Å². The molecular formula is C18H35N3. The molecule has 0 spiro atoms. The van der Waals surface area contributed by atoms with Crippen molar-refractivity contribution < 1.29 is 0 Å². The summed E-state index contributed by atoms with van der Waals surface area (Å²) in [6.07, 6.45) is 12.7. The van der Waals surface area contributed by atoms with Gasteiger partial charge >= 0.3 is 0 Å². The second kappa shape index (κ2) is 7.94. The predicted octanol–water partition coefficient (Wildman–Crippen LogP) is 2.76. The van der Waals surface area contributed by atoms with Crippen LogP contribution in [0.5, 0.6) is 0 Å². The van der Waals surface area contributed by atoms with Gasteiger partial charge in [0.15, 0.2) is 0 Å². The van der Waals surface area contributed by atoms with E-state index in [2.05, 4.69) is 22.5 Å². The molecule has 1 saturated carbocycles. The number of nitrogens with one attached hydrogen (secondary N) is 2. The van der Waals surface area contributed by atoms with Crippen molar-refractivity contribution in [2.45, 2.75) is 82.8 Å². The van der Waals surface area contributed by atoms with Gasteiger partial charge < -0.3 is 15.5 Å². The molecule has 2 aliphatic heterocycles. The van der Waals surface area contributed by atoms with Crippen LogP contribution in [-0.4, -0.2) is 49.2 Å². The Bertz CT molecular complexity index is 295. The summed E-state index contributed by atoms with van der Waals surface area (Å²) in [6, 6.07) is 2.19. The van der Waals surface area contributed by atoms with Gasteiger partial charge in [0.2, 0.25) is 0 Å². The van der Waals surface area contributed by atoms with Crippen molar-refractivity contribution in [3.63, 3.8) is 0 Å². The van der Waals surface area contributed by atoms with E-state index in [0.29, 0.717) is 6.04 Å². The first-order valence-corrected chi connectivity index (χ1v) is 9.55. The summed E-state index contributed by atoms with van der Waals surface area (Å²) in [5.74, 6) is 0.875. The molecule has 3 aliphatic rings. The lowest BCUT2D eigenvalue weighted by Crippen LogP contribution is -2.53. The summed E-state index contributed by atoms with van der Waals surface area (Å²) < 4.78 is 0. The van der Waals surface area contributed by atoms with Crippen LogP contribution in [0.25, 0.3) is 0 Å². The average molecular weight is 293 g/mol. The Morgan fingerprint density at radius 1 is 1.00 bits per heavy atom. The lowest BCUT2D eigenvalue weighted by Gasteiger charge is -2.41. The molecular weight excluding hydrogens is 258 g/mol. The van der Waals surface area contributed by atoms with E-state index >= 15 is 0 Å². The third-order valence-corrected chi connectivity index (χ3v) is 5.91. The number of likely N-dealkylation sites (tertiary alicyclic amines) is 1. The van der Waals surface area contributed by atoms with Crippen LogP contribution in [0.3, 0.4) is 0 Å². The molecule has 3 fully saturated rings. The third-order valence-electron chi connectivity index (χ3n) is 5.91. The molecule has 21 heavy (non-hydrogen) atoms. The SMILES string of the molecule is CC(CN1CCCC1)NC1CCCCC1C1CCCCN1. The highest BCUT2D eigenvalue weighted by Crippen LogP contribution is 2.30. The molecule has 3 rings (SSSR count). The number of piperidine rings is 1. The van der Waals surface area contributed by atoms with Gasteiger partial charge in [0.25, 0.3) is 0 Å². The maximum atomic E-state index is 4.01. The highest BCUT2D eigenvalue weighted by atomic mass is 15.2. The quantitative estimate of drug-likeness (QED) is 0.816. The fourth-order valence-electron chi connectivity index (χ4n) is 4.86. The largest absolute Gasteiger partial charge is 0.314 e. The zero-order valence-electron chi connectivity index (χ0n) is 13.9. The van der Waals surface area contributed by atoms with Gasteiger partial charge in [-0.25, -0.2) is 0 Å². The van der Waals surface area contributed by atoms with Crippen LogP contribution in [0.1, 0.15) is 64.7 Å². The van der Waals surface area contributed by atoms with Gasteiger partial charge in [-0.3, -0.25) is 0 Å². The summed E-state index contributed by atoms with van der Waals surface area (Å²) >= 11 is 0. The van der Waals surface area contributed by atoms with Gasteiger partial charge in [-0.15, -0.1) is 0 Å². The minimum absolute atomic E-state index is 0.650. The lowest BCUT2D eigenvalue weighted by molar-refractivity contribution is 0.164. The summed E-state index contributed by atoms with van der Waals surface area (Å²) in [7, 11) is 0. The Morgan fingerprint density at radius 3 is 2.52 bits per heavy atom. The fourth-order valence-corrected chi connectivity index (χ4v) is 4.86. The third kappa shape index (κ3) is 4.43. The van der Waals surface area contributed by atoms with Gasteiger partial charge in [0.05, 0.1) is 0 Å². The van der Waals surface area contributed by atoms with Crippen LogP contribution in [0.2, 0.25) is 0 Å². The van der Waals surface area contributed by atoms with Crippen molar-refractivity contribution in [2.24, 2.45) is 5.92 Å². The molecule has 2 N–H and O–H groups in total. The topological polar surface area (TPSA) is 27.3 Å². The minimum atomic E-state index is 0.650. The summed E-state index contributed by atoms with van der Waals surface area (Å²) in [5.41, 5.74) is 0. The molecule has 0 bridgehead atoms. The van der Waals surface area contributed by atoms with Crippen LogP contribution in [0, 0.1) is 5.92 Å². The van der Waals surface area contributed by atoms with Crippen molar-refractivity contribution in [1.82, 2.24) is 15.5 Å². The first-order valence-electron chi connectivity index (χ1n) is 9.55. The van der Waals surface area contributed by atoms with Crippen molar-refractivity contribution in [2.75, 3.05) is 26.2 Å². The van der Waals surface area contributed by atoms with E-state index in [1.807, 2.05) is 0 Å². The molecule has 0 aromatic rings. The van der Waals surface area contributed by atoms with E-state index in [-0.39, 0.29) is 0 Å². The molecule has 4 unspecified atom stereocenters. The Balaban J connectivity index is 1.50. The molecule has 1 aliphatic carbocycles. The second-order valence-corrected chi connectivity index (χ2v) is 7.69. The maximum Gasteiger partial charge on any atom is 0.0169 e. The molecule has 3 nitrogen and oxygen atoms in total. The first-order chi connectivity index (χ1) is 10.3. The molecule has 2 saturated heterocycles. The van der Waals surface area contributed by atoms with Gasteiger partial charge in [-0.2, -0.15) is 0 Å². The van der Waals surface area contributed by atoms with Gasteiger partial charge in [-0.05, 0) is 71.0 Å². The first kappa shape index (κ1) is 15.8. The van der Waals surface area contributed by atoms with E-state index in [1.54, 1.807) is 0 Å². The molecule has 2 heterocycles. The summed E-state index contributed by atoms with van der Waals surface area (Å²) in [6.45, 7) is 7.55. The minimum Gasteiger partial charge on any atom is -0.314 e. The Kier molecular flexibility index (Phi) is 5.96. The lowest BCUT2D eigenvalue weighted by atomic mass is 9.77. The highest BCUT2D eigenvalue weighted by molar-refractivity contribution is 4.92. The zero-order chi connectivity index (χ0) is 14.5. The Morgan fingerprint density at radius 2 is 1.76 bits per heavy atom. The van der Waals surface area contributed by atoms with Crippen LogP contribution >= 0.6 is 0 Å². The van der Waals surface area contributed by atoms with Crippen molar-refractivity contribution in [3.8, 4) is 0 Å². The van der Waals surface area contributed by atoms with Crippen LogP contribution < -0.4 is 10.6 Å². The molecule has 0 aromatic heterocycles. The maximum absolute atomic E-state index is 4.01. The normalized spacial score (nSPS) is 36.7. The molecule has 0 amide bonds. The highest BCUT2D eigenvalue weighted by Gasteiger charge is 2.33. The van der Waals surface area contributed by atoms with Crippen LogP contribution in [0.15, 0.2) is 0 Å². The van der Waals surface area contributed by atoms with Gasteiger partial charge in [-0.1, -0.05) is 19.3 Å². The van der Waals surface area contributed by atoms with Crippen LogP contribution in [0.4, 0.5) is 0 Å². The predicted molar refractivity (Wildman–Crippen MR) is 89.7 cm³/mol. The molecule has 0 radical (unpaired) electrons. The van der Waals surface area contributed by atoms with E-state index < -0.39 is 0 Å². The van der Waals surface area contributed by atoms with E-state index in [9.17, 15) is 0 Å². The number of hydrogen-bond acceptors (Lipinski definition) is 3. The van der Waals surface area contributed by atoms with Crippen molar-refractivity contribution >= 4 is 0 Å². The fraction of sp³-hybridized carbons (Fsp3) is 1.00. The van der Waals surface area contributed by atoms with Crippen LogP contribution in [-0.2, 0) is 0 Å². The van der Waals surface area contributed by atoms with E-state index in [0.717, 1.165) is 18.0 Å². The van der Waals surface area contributed by atoms with Crippen molar-refractivity contribution in [1.29, 1.82) is 0 Å². The van der Waals surface area contributed by atoms with Crippen molar-refractivity contribution in [3.05, 3.63) is 0 Å². The van der Waals surface area contributed by atoms with E-state index in [4.69, 9.17) is 0 Å². The second-order valence-electron chi connectivity index (χ2n) is 7.69. The summed E-state index contributed by atoms with van der Waals surface area (Å²) in [4.78, 5) is 2.65. The molecule has 122 valence electrons. The average Bonchev–Trinajstić information content (AvgIpc) is 3.01. The molecule has 3 heteroatoms. The zero-order valence-corrected chi connectivity index (χ0v) is 13.9. The van der Waals surface area contributed by atoms with Gasteiger partial charge in [0, 0.05) is 24.7 Å². The standard InChI is InChI=1S/C18H35N3/c1-15(14-21-12-6-7-13-21)20-18-10-3-2-8-16(18)17-9-4-5-11-19-17/h15-20H,2-14H2,1H3. The Labute approximate surface area is 131 Å². The molecule has 0 aromatic carbocycles. The number of hydrogen-bond donors (Lipinski definition) is 2.